The van der Waals surface area contributed by atoms with Gasteiger partial charge in [-0.25, -0.2) is 9.78 Å². The number of carbonyl (C=O) groups is 9. The van der Waals surface area contributed by atoms with Gasteiger partial charge in [-0.1, -0.05) is 68.3 Å². The summed E-state index contributed by atoms with van der Waals surface area (Å²) in [7, 11) is 0. The summed E-state index contributed by atoms with van der Waals surface area (Å²) >= 11 is 0. The Morgan fingerprint density at radius 1 is 0.630 bits per heavy atom. The number of fused-ring (bicyclic) bond motifs is 1. The lowest BCUT2D eigenvalue weighted by atomic mass is 10.0. The maximum Gasteiger partial charge on any atom is 0.326 e. The molecule has 2 aromatic heterocycles. The van der Waals surface area contributed by atoms with E-state index in [1.807, 2.05) is 13.0 Å². The standard InChI is InChI=1S/C48H66N14O11/c1-3-4-14-33(56-27(2)63)41(66)62-39(23-40(64)65)46(71)61-38(22-30-25-52-26-55-30)45(70)59-36(20-28-11-6-5-7-12-28)43(68)57-34(16-10-19-53-48(50)51)42(67)60-37(44(69)58-35(17-18-49)47(72)73)21-29-24-54-32-15-9-8-13-31(29)32/h5-9,11-13,15,24-26,33-39,54H,3-4,10,14,16-23,49H2,1-2H3,(H,52,55)(H,56,63)(H,57,68)(H,58,69)(H,59,70)(H,60,67)(H,61,71)(H,62,66)(H,64,65)(H,72,73)(H4,50,51,53)/t33-,34-,35-,36+,37-,38-,39-/m0/s1. The van der Waals surface area contributed by atoms with Gasteiger partial charge in [0.2, 0.25) is 41.4 Å². The first-order chi connectivity index (χ1) is 34.9. The number of rotatable bonds is 31. The van der Waals surface area contributed by atoms with Crippen LogP contribution in [0.4, 0.5) is 0 Å². The third-order valence-corrected chi connectivity index (χ3v) is 11.5. The molecule has 4 aromatic rings. The van der Waals surface area contributed by atoms with E-state index >= 15 is 0 Å². The Labute approximate surface area is 420 Å². The number of nitrogens with zero attached hydrogens (tertiary/aromatic N) is 2. The molecule has 0 aliphatic carbocycles. The predicted octanol–water partition coefficient (Wildman–Crippen LogP) is -1.52. The topological polar surface area (TPSA) is 413 Å². The molecule has 0 fully saturated rings. The minimum absolute atomic E-state index is 0.0236. The van der Waals surface area contributed by atoms with Crippen molar-refractivity contribution in [3.8, 4) is 0 Å². The second kappa shape index (κ2) is 29.1. The van der Waals surface area contributed by atoms with Gasteiger partial charge in [0, 0.05) is 61.7 Å². The van der Waals surface area contributed by atoms with Gasteiger partial charge in [-0.2, -0.15) is 0 Å². The second-order valence-electron chi connectivity index (χ2n) is 17.3. The normalized spacial score (nSPS) is 13.8. The van der Waals surface area contributed by atoms with Crippen LogP contribution in [0.2, 0.25) is 0 Å². The van der Waals surface area contributed by atoms with E-state index in [9.17, 15) is 53.4 Å². The summed E-state index contributed by atoms with van der Waals surface area (Å²) in [4.78, 5) is 135. The van der Waals surface area contributed by atoms with Crippen molar-refractivity contribution < 1.29 is 53.4 Å². The second-order valence-corrected chi connectivity index (χ2v) is 17.3. The van der Waals surface area contributed by atoms with Crippen molar-refractivity contribution in [2.24, 2.45) is 22.2 Å². The number of aromatic amines is 2. The van der Waals surface area contributed by atoms with Crippen molar-refractivity contribution >= 4 is 70.2 Å². The zero-order chi connectivity index (χ0) is 53.5. The molecule has 2 aromatic carbocycles. The first-order valence-corrected chi connectivity index (χ1v) is 23.7. The van der Waals surface area contributed by atoms with Crippen molar-refractivity contribution in [2.45, 2.75) is 120 Å². The maximum absolute atomic E-state index is 14.6. The van der Waals surface area contributed by atoms with E-state index in [0.717, 1.165) is 10.9 Å². The summed E-state index contributed by atoms with van der Waals surface area (Å²) in [6, 6.07) is 5.69. The number of carbonyl (C=O) groups excluding carboxylic acids is 7. The van der Waals surface area contributed by atoms with Gasteiger partial charge < -0.3 is 74.6 Å². The number of carboxylic acids is 2. The van der Waals surface area contributed by atoms with Crippen LogP contribution < -0.4 is 54.4 Å². The largest absolute Gasteiger partial charge is 0.481 e. The summed E-state index contributed by atoms with van der Waals surface area (Å²) in [6.45, 7) is 3.03. The van der Waals surface area contributed by atoms with E-state index in [1.165, 1.54) is 19.4 Å². The average Bonchev–Trinajstić information content (AvgIpc) is 4.02. The molecule has 0 aliphatic rings. The Morgan fingerprint density at radius 2 is 1.16 bits per heavy atom. The molecule has 0 saturated carbocycles. The van der Waals surface area contributed by atoms with Crippen molar-refractivity contribution in [2.75, 3.05) is 13.1 Å². The van der Waals surface area contributed by atoms with E-state index in [4.69, 9.17) is 17.2 Å². The number of amides is 7. The fourth-order valence-corrected chi connectivity index (χ4v) is 7.75. The Hall–Kier alpha value is -8.35. The third kappa shape index (κ3) is 19.1. The zero-order valence-electron chi connectivity index (χ0n) is 40.7. The number of aliphatic carboxylic acids is 2. The van der Waals surface area contributed by atoms with Crippen LogP contribution in [-0.4, -0.2) is 140 Å². The number of aliphatic imine (C=N–C) groups is 1. The smallest absolute Gasteiger partial charge is 0.326 e. The molecule has 2 heterocycles. The monoisotopic (exact) mass is 1010 g/mol. The number of aromatic nitrogens is 3. The Bertz CT molecular complexity index is 2530. The molecule has 25 heteroatoms. The van der Waals surface area contributed by atoms with Crippen molar-refractivity contribution in [1.82, 2.24) is 52.2 Å². The van der Waals surface area contributed by atoms with Crippen molar-refractivity contribution in [3.63, 3.8) is 0 Å². The Morgan fingerprint density at radius 3 is 1.74 bits per heavy atom. The lowest BCUT2D eigenvalue weighted by Crippen LogP contribution is -2.61. The first-order valence-electron chi connectivity index (χ1n) is 23.7. The van der Waals surface area contributed by atoms with Gasteiger partial charge in [0.05, 0.1) is 12.7 Å². The van der Waals surface area contributed by atoms with Crippen LogP contribution in [-0.2, 0) is 62.4 Å². The van der Waals surface area contributed by atoms with Crippen LogP contribution in [0.5, 0.6) is 0 Å². The molecule has 7 atom stereocenters. The summed E-state index contributed by atoms with van der Waals surface area (Å²) in [5.74, 6) is -8.99. The number of benzene rings is 2. The van der Waals surface area contributed by atoms with Gasteiger partial charge in [0.25, 0.3) is 0 Å². The lowest BCUT2D eigenvalue weighted by Gasteiger charge is -2.28. The quantitative estimate of drug-likeness (QED) is 0.0155. The van der Waals surface area contributed by atoms with Gasteiger partial charge in [0.1, 0.15) is 42.3 Å². The van der Waals surface area contributed by atoms with Crippen LogP contribution >= 0.6 is 0 Å². The third-order valence-electron chi connectivity index (χ3n) is 11.5. The van der Waals surface area contributed by atoms with Crippen LogP contribution in [0.1, 0.15) is 75.6 Å². The van der Waals surface area contributed by atoms with Gasteiger partial charge in [-0.05, 0) is 49.4 Å². The lowest BCUT2D eigenvalue weighted by molar-refractivity contribution is -0.142. The van der Waals surface area contributed by atoms with Gasteiger partial charge in [-0.3, -0.25) is 43.3 Å². The average molecular weight is 1020 g/mol. The molecule has 7 amide bonds. The van der Waals surface area contributed by atoms with Crippen LogP contribution in [0.15, 0.2) is 78.3 Å². The van der Waals surface area contributed by atoms with Gasteiger partial charge in [-0.15, -0.1) is 0 Å². The molecule has 4 rings (SSSR count). The minimum atomic E-state index is -1.72. The SMILES string of the molecule is CCCC[C@H](NC(C)=O)C(=O)N[C@@H](CC(=O)O)C(=O)N[C@@H](Cc1cnc[nH]1)C(=O)N[C@H](Cc1ccccc1)C(=O)N[C@@H](CCCN=C(N)N)C(=O)N[C@@H](Cc1c[nH]c2ccccc12)C(=O)N[C@@H](CCN)C(=O)O. The summed E-state index contributed by atoms with van der Waals surface area (Å²) in [5.41, 5.74) is 19.0. The van der Waals surface area contributed by atoms with Crippen LogP contribution in [0.25, 0.3) is 10.9 Å². The molecular weight excluding hydrogens is 949 g/mol. The number of imidazole rings is 1. The fourth-order valence-electron chi connectivity index (χ4n) is 7.75. The van der Waals surface area contributed by atoms with Gasteiger partial charge in [0.15, 0.2) is 5.96 Å². The number of nitrogens with one attached hydrogen (secondary N) is 9. The van der Waals surface area contributed by atoms with Crippen molar-refractivity contribution in [1.29, 1.82) is 0 Å². The fraction of sp³-hybridized carbons (Fsp3) is 0.438. The van der Waals surface area contributed by atoms with E-state index in [2.05, 4.69) is 57.2 Å². The highest BCUT2D eigenvalue weighted by molar-refractivity contribution is 5.98. The number of guanidine groups is 1. The molecule has 0 saturated heterocycles. The summed E-state index contributed by atoms with van der Waals surface area (Å²) < 4.78 is 0. The van der Waals surface area contributed by atoms with Crippen LogP contribution in [0.3, 0.4) is 0 Å². The summed E-state index contributed by atoms with van der Waals surface area (Å²) in [6.07, 6.45) is 4.20. The molecule has 17 N–H and O–H groups in total. The summed E-state index contributed by atoms with van der Waals surface area (Å²) in [5, 5.41) is 38.3. The molecule has 0 radical (unpaired) electrons. The molecular formula is C48H66N14O11. The Kier molecular flexibility index (Phi) is 22.8. The van der Waals surface area contributed by atoms with E-state index in [1.54, 1.807) is 54.7 Å². The molecule has 73 heavy (non-hydrogen) atoms. The minimum Gasteiger partial charge on any atom is -0.481 e. The predicted molar refractivity (Wildman–Crippen MR) is 267 cm³/mol. The first kappa shape index (κ1) is 57.2. The van der Waals surface area contributed by atoms with E-state index in [0.29, 0.717) is 29.7 Å². The highest BCUT2D eigenvalue weighted by atomic mass is 16.4. The zero-order valence-corrected chi connectivity index (χ0v) is 40.7. The highest BCUT2D eigenvalue weighted by Crippen LogP contribution is 2.20. The van der Waals surface area contributed by atoms with E-state index in [-0.39, 0.29) is 64.0 Å². The molecule has 0 aliphatic heterocycles. The number of unbranched alkanes of at least 4 members (excludes halogenated alkanes) is 1. The molecule has 0 spiro atoms. The van der Waals surface area contributed by atoms with Gasteiger partial charge >= 0.3 is 11.9 Å². The number of nitrogens with two attached hydrogens (primary N) is 3. The molecule has 0 bridgehead atoms. The van der Waals surface area contributed by atoms with Crippen molar-refractivity contribution in [3.05, 3.63) is 90.1 Å². The number of carboxylic acid groups (broad SMARTS) is 2. The van der Waals surface area contributed by atoms with E-state index < -0.39 is 102 Å². The molecule has 394 valence electrons. The maximum atomic E-state index is 14.6. The van der Waals surface area contributed by atoms with Crippen LogP contribution in [0, 0.1) is 0 Å². The number of para-hydroxylation sites is 1. The number of hydrogen-bond donors (Lipinski definition) is 14. The Balaban J connectivity index is 1.67. The highest BCUT2D eigenvalue weighted by Gasteiger charge is 2.35. The number of H-pyrrole nitrogens is 2. The molecule has 0 unspecified atom stereocenters. The number of hydrogen-bond acceptors (Lipinski definition) is 12. The molecule has 25 nitrogen and oxygen atoms in total.